The third-order valence-electron chi connectivity index (χ3n) is 3.03. The first kappa shape index (κ1) is 10.3. The highest BCUT2D eigenvalue weighted by Gasteiger charge is 2.08. The third-order valence-corrected chi connectivity index (χ3v) is 3.03. The number of H-pyrrole nitrogens is 1. The summed E-state index contributed by atoms with van der Waals surface area (Å²) in [7, 11) is 0. The number of benzene rings is 1. The van der Waals surface area contributed by atoms with Gasteiger partial charge in [-0.05, 0) is 29.0 Å². The van der Waals surface area contributed by atoms with Crippen molar-refractivity contribution in [3.05, 3.63) is 35.5 Å². The fourth-order valence-corrected chi connectivity index (χ4v) is 2.00. The lowest BCUT2D eigenvalue weighted by Gasteiger charge is -2.06. The molecule has 0 saturated carbocycles. The van der Waals surface area contributed by atoms with Gasteiger partial charge in [-0.2, -0.15) is 0 Å². The molecule has 0 aliphatic carbocycles. The van der Waals surface area contributed by atoms with Gasteiger partial charge in [0.25, 0.3) is 0 Å². The molecule has 1 aromatic carbocycles. The van der Waals surface area contributed by atoms with Crippen molar-refractivity contribution < 1.29 is 0 Å². The molecule has 0 bridgehead atoms. The third kappa shape index (κ3) is 1.79. The summed E-state index contributed by atoms with van der Waals surface area (Å²) < 4.78 is 0. The lowest BCUT2D eigenvalue weighted by atomic mass is 9.98. The Morgan fingerprint density at radius 1 is 1.00 bits per heavy atom. The number of aromatic nitrogens is 1. The minimum atomic E-state index is 0.587. The molecule has 80 valence electrons. The minimum absolute atomic E-state index is 0.587. The van der Waals surface area contributed by atoms with Crippen LogP contribution in [0.3, 0.4) is 0 Å². The Morgan fingerprint density at radius 3 is 2.33 bits per heavy atom. The van der Waals surface area contributed by atoms with Crippen LogP contribution in [0.1, 0.15) is 50.7 Å². The zero-order chi connectivity index (χ0) is 11.0. The van der Waals surface area contributed by atoms with Crippen molar-refractivity contribution in [1.82, 2.24) is 4.98 Å². The highest BCUT2D eigenvalue weighted by atomic mass is 14.7. The Balaban J connectivity index is 2.57. The predicted octanol–water partition coefficient (Wildman–Crippen LogP) is 4.41. The number of hydrogen-bond acceptors (Lipinski definition) is 0. The molecular formula is C14H19N. The summed E-state index contributed by atoms with van der Waals surface area (Å²) in [6, 6.07) is 6.76. The maximum atomic E-state index is 3.36. The molecule has 1 aromatic heterocycles. The van der Waals surface area contributed by atoms with E-state index < -0.39 is 0 Å². The van der Waals surface area contributed by atoms with Gasteiger partial charge in [0.05, 0.1) is 0 Å². The van der Waals surface area contributed by atoms with E-state index in [-0.39, 0.29) is 0 Å². The molecule has 2 rings (SSSR count). The molecule has 0 radical (unpaired) electrons. The SMILES string of the molecule is CC(C)c1ccc2c(C(C)C)c[nH]c2c1. The van der Waals surface area contributed by atoms with Crippen molar-refractivity contribution in [2.24, 2.45) is 0 Å². The molecule has 0 atom stereocenters. The van der Waals surface area contributed by atoms with Gasteiger partial charge in [0.2, 0.25) is 0 Å². The summed E-state index contributed by atoms with van der Waals surface area (Å²) in [5, 5.41) is 1.37. The molecule has 1 heteroatoms. The summed E-state index contributed by atoms with van der Waals surface area (Å²) >= 11 is 0. The molecule has 0 amide bonds. The molecule has 0 unspecified atom stereocenters. The second-order valence-electron chi connectivity index (χ2n) is 4.86. The van der Waals surface area contributed by atoms with Gasteiger partial charge in [-0.15, -0.1) is 0 Å². The number of nitrogens with one attached hydrogen (secondary N) is 1. The molecule has 1 nitrogen and oxygen atoms in total. The van der Waals surface area contributed by atoms with E-state index >= 15 is 0 Å². The van der Waals surface area contributed by atoms with Crippen LogP contribution in [0, 0.1) is 0 Å². The van der Waals surface area contributed by atoms with Gasteiger partial charge in [0.1, 0.15) is 0 Å². The van der Waals surface area contributed by atoms with Crippen LogP contribution in [0.4, 0.5) is 0 Å². The summed E-state index contributed by atoms with van der Waals surface area (Å²) in [6.07, 6.45) is 2.14. The number of hydrogen-bond donors (Lipinski definition) is 1. The Hall–Kier alpha value is -1.24. The lowest BCUT2D eigenvalue weighted by molar-refractivity contribution is 0.867. The van der Waals surface area contributed by atoms with E-state index in [4.69, 9.17) is 0 Å². The van der Waals surface area contributed by atoms with E-state index in [1.165, 1.54) is 22.0 Å². The Morgan fingerprint density at radius 2 is 1.73 bits per heavy atom. The van der Waals surface area contributed by atoms with Gasteiger partial charge < -0.3 is 4.98 Å². The largest absolute Gasteiger partial charge is 0.361 e. The lowest BCUT2D eigenvalue weighted by Crippen LogP contribution is -1.87. The Bertz CT molecular complexity index is 463. The first-order chi connectivity index (χ1) is 7.09. The van der Waals surface area contributed by atoms with Crippen LogP contribution in [0.15, 0.2) is 24.4 Å². The van der Waals surface area contributed by atoms with Crippen LogP contribution in [-0.2, 0) is 0 Å². The van der Waals surface area contributed by atoms with Crippen LogP contribution in [0.2, 0.25) is 0 Å². The molecule has 2 aromatic rings. The predicted molar refractivity (Wildman–Crippen MR) is 66.5 cm³/mol. The molecule has 0 aliphatic heterocycles. The molecule has 0 saturated heterocycles. The van der Waals surface area contributed by atoms with Gasteiger partial charge in [-0.3, -0.25) is 0 Å². The smallest absolute Gasteiger partial charge is 0.0459 e. The summed E-state index contributed by atoms with van der Waals surface area (Å²) in [5.74, 6) is 1.18. The zero-order valence-electron chi connectivity index (χ0n) is 9.96. The van der Waals surface area contributed by atoms with Crippen LogP contribution < -0.4 is 0 Å². The summed E-state index contributed by atoms with van der Waals surface area (Å²) in [5.41, 5.74) is 4.09. The summed E-state index contributed by atoms with van der Waals surface area (Å²) in [6.45, 7) is 8.93. The normalized spacial score (nSPS) is 11.9. The fourth-order valence-electron chi connectivity index (χ4n) is 2.00. The van der Waals surface area contributed by atoms with E-state index in [9.17, 15) is 0 Å². The first-order valence-electron chi connectivity index (χ1n) is 5.70. The van der Waals surface area contributed by atoms with Crippen LogP contribution >= 0.6 is 0 Å². The molecule has 0 aliphatic rings. The maximum absolute atomic E-state index is 3.36. The van der Waals surface area contributed by atoms with Crippen molar-refractivity contribution in [3.63, 3.8) is 0 Å². The van der Waals surface area contributed by atoms with Crippen LogP contribution in [0.5, 0.6) is 0 Å². The Labute approximate surface area is 91.5 Å². The first-order valence-corrected chi connectivity index (χ1v) is 5.70. The second-order valence-corrected chi connectivity index (χ2v) is 4.86. The topological polar surface area (TPSA) is 15.8 Å². The quantitative estimate of drug-likeness (QED) is 0.740. The maximum Gasteiger partial charge on any atom is 0.0459 e. The molecule has 0 spiro atoms. The summed E-state index contributed by atoms with van der Waals surface area (Å²) in [4.78, 5) is 3.36. The van der Waals surface area contributed by atoms with E-state index in [0.717, 1.165) is 0 Å². The van der Waals surface area contributed by atoms with Crippen molar-refractivity contribution in [3.8, 4) is 0 Å². The molecule has 1 heterocycles. The molecular weight excluding hydrogens is 182 g/mol. The minimum Gasteiger partial charge on any atom is -0.361 e. The number of aromatic amines is 1. The van der Waals surface area contributed by atoms with E-state index in [0.29, 0.717) is 11.8 Å². The zero-order valence-corrected chi connectivity index (χ0v) is 9.96. The monoisotopic (exact) mass is 201 g/mol. The highest BCUT2D eigenvalue weighted by Crippen LogP contribution is 2.27. The van der Waals surface area contributed by atoms with Crippen molar-refractivity contribution >= 4 is 10.9 Å². The Kier molecular flexibility index (Phi) is 2.56. The average molecular weight is 201 g/mol. The number of fused-ring (bicyclic) bond motifs is 1. The van der Waals surface area contributed by atoms with Crippen LogP contribution in [-0.4, -0.2) is 4.98 Å². The second kappa shape index (κ2) is 3.73. The number of rotatable bonds is 2. The van der Waals surface area contributed by atoms with E-state index in [2.05, 4.69) is 57.1 Å². The molecule has 0 fully saturated rings. The van der Waals surface area contributed by atoms with Gasteiger partial charge in [-0.25, -0.2) is 0 Å². The van der Waals surface area contributed by atoms with E-state index in [1.807, 2.05) is 0 Å². The average Bonchev–Trinajstić information content (AvgIpc) is 2.59. The van der Waals surface area contributed by atoms with E-state index in [1.54, 1.807) is 0 Å². The van der Waals surface area contributed by atoms with Crippen molar-refractivity contribution in [1.29, 1.82) is 0 Å². The molecule has 1 N–H and O–H groups in total. The van der Waals surface area contributed by atoms with Crippen LogP contribution in [0.25, 0.3) is 10.9 Å². The van der Waals surface area contributed by atoms with Crippen molar-refractivity contribution in [2.45, 2.75) is 39.5 Å². The van der Waals surface area contributed by atoms with Gasteiger partial charge in [0.15, 0.2) is 0 Å². The van der Waals surface area contributed by atoms with Gasteiger partial charge in [0, 0.05) is 17.1 Å². The van der Waals surface area contributed by atoms with Crippen molar-refractivity contribution in [2.75, 3.05) is 0 Å². The molecule has 15 heavy (non-hydrogen) atoms. The standard InChI is InChI=1S/C14H19N/c1-9(2)11-5-6-12-13(10(3)4)8-15-14(12)7-11/h5-10,15H,1-4H3. The van der Waals surface area contributed by atoms with Gasteiger partial charge >= 0.3 is 0 Å². The van der Waals surface area contributed by atoms with Gasteiger partial charge in [-0.1, -0.05) is 39.8 Å². The highest BCUT2D eigenvalue weighted by molar-refractivity contribution is 5.84. The fraction of sp³-hybridized carbons (Fsp3) is 0.429.